The molecule has 138 valence electrons. The number of aromatic carboxylic acids is 1. The molecule has 0 aliphatic carbocycles. The third-order valence-corrected chi connectivity index (χ3v) is 3.99. The molecule has 6 nitrogen and oxygen atoms in total. The van der Waals surface area contributed by atoms with Gasteiger partial charge in [0.05, 0.1) is 5.97 Å². The summed E-state index contributed by atoms with van der Waals surface area (Å²) in [6.07, 6.45) is 1.35. The first-order chi connectivity index (χ1) is 13.5. The molecule has 28 heavy (non-hydrogen) atoms. The Morgan fingerprint density at radius 3 is 2.32 bits per heavy atom. The molecular weight excluding hydrogens is 356 g/mol. The van der Waals surface area contributed by atoms with E-state index >= 15 is 0 Å². The van der Waals surface area contributed by atoms with Crippen LogP contribution in [0.15, 0.2) is 70.7 Å². The van der Waals surface area contributed by atoms with Crippen molar-refractivity contribution < 1.29 is 19.1 Å². The summed E-state index contributed by atoms with van der Waals surface area (Å²) in [5, 5.41) is 22.6. The Morgan fingerprint density at radius 2 is 1.71 bits per heavy atom. The number of hydrogen-bond acceptors (Lipinski definition) is 5. The summed E-state index contributed by atoms with van der Waals surface area (Å²) in [6.45, 7) is 1.99. The van der Waals surface area contributed by atoms with Gasteiger partial charge in [0.1, 0.15) is 23.2 Å². The van der Waals surface area contributed by atoms with E-state index in [2.05, 4.69) is 5.32 Å². The van der Waals surface area contributed by atoms with Gasteiger partial charge in [-0.3, -0.25) is 4.79 Å². The van der Waals surface area contributed by atoms with Gasteiger partial charge in [-0.25, -0.2) is 0 Å². The van der Waals surface area contributed by atoms with Crippen molar-refractivity contribution in [1.29, 1.82) is 5.26 Å². The molecule has 0 aliphatic rings. The number of furan rings is 1. The molecule has 1 N–H and O–H groups in total. The molecule has 0 spiro atoms. The van der Waals surface area contributed by atoms with Crippen LogP contribution in [0.4, 0.5) is 5.69 Å². The van der Waals surface area contributed by atoms with E-state index in [9.17, 15) is 20.0 Å². The second-order valence-corrected chi connectivity index (χ2v) is 6.06. The number of carbonyl (C=O) groups excluding carboxylic acids is 2. The van der Waals surface area contributed by atoms with Gasteiger partial charge in [0.15, 0.2) is 0 Å². The summed E-state index contributed by atoms with van der Waals surface area (Å²) < 4.78 is 5.70. The van der Waals surface area contributed by atoms with Crippen LogP contribution in [0.1, 0.15) is 21.7 Å². The van der Waals surface area contributed by atoms with Gasteiger partial charge in [-0.1, -0.05) is 42.0 Å². The van der Waals surface area contributed by atoms with Gasteiger partial charge in [-0.15, -0.1) is 0 Å². The Balaban J connectivity index is 1.76. The lowest BCUT2D eigenvalue weighted by molar-refractivity contribution is -0.255. The number of nitrogens with zero attached hydrogens (tertiary/aromatic N) is 1. The zero-order chi connectivity index (χ0) is 20.1. The van der Waals surface area contributed by atoms with E-state index in [0.29, 0.717) is 17.2 Å². The fourth-order valence-corrected chi connectivity index (χ4v) is 2.48. The molecule has 1 amide bonds. The maximum atomic E-state index is 12.3. The Bertz CT molecular complexity index is 1080. The first kappa shape index (κ1) is 18.7. The van der Waals surface area contributed by atoms with E-state index in [1.54, 1.807) is 12.1 Å². The number of nitriles is 1. The molecule has 0 unspecified atom stereocenters. The maximum absolute atomic E-state index is 12.3. The standard InChI is InChI=1S/C22H16N2O4/c1-14-2-4-15(5-3-14)20-11-10-19(28-20)12-17(13-23)21(25)24-18-8-6-16(7-9-18)22(26)27/h2-12H,1H3,(H,24,25)(H,26,27)/p-1/b17-12+. The number of anilines is 1. The first-order valence-corrected chi connectivity index (χ1v) is 8.37. The van der Waals surface area contributed by atoms with Crippen molar-refractivity contribution >= 4 is 23.6 Å². The first-order valence-electron chi connectivity index (χ1n) is 8.37. The monoisotopic (exact) mass is 371 g/mol. The molecule has 0 saturated heterocycles. The van der Waals surface area contributed by atoms with E-state index in [1.165, 1.54) is 30.3 Å². The van der Waals surface area contributed by atoms with Gasteiger partial charge in [0.25, 0.3) is 5.91 Å². The Hall–Kier alpha value is -4.11. The highest BCUT2D eigenvalue weighted by atomic mass is 16.4. The fraction of sp³-hybridized carbons (Fsp3) is 0.0455. The van der Waals surface area contributed by atoms with Gasteiger partial charge >= 0.3 is 0 Å². The van der Waals surface area contributed by atoms with Crippen molar-refractivity contribution in [3.63, 3.8) is 0 Å². The van der Waals surface area contributed by atoms with Crippen molar-refractivity contribution in [1.82, 2.24) is 0 Å². The van der Waals surface area contributed by atoms with Crippen LogP contribution in [-0.2, 0) is 4.79 Å². The zero-order valence-corrected chi connectivity index (χ0v) is 14.9. The van der Waals surface area contributed by atoms with Gasteiger partial charge in [0, 0.05) is 17.3 Å². The highest BCUT2D eigenvalue weighted by Crippen LogP contribution is 2.24. The molecule has 0 atom stereocenters. The lowest BCUT2D eigenvalue weighted by Crippen LogP contribution is -2.22. The highest BCUT2D eigenvalue weighted by Gasteiger charge is 2.11. The predicted molar refractivity (Wildman–Crippen MR) is 102 cm³/mol. The summed E-state index contributed by atoms with van der Waals surface area (Å²) in [6, 6.07) is 18.5. The molecule has 1 heterocycles. The molecule has 2 aromatic carbocycles. The lowest BCUT2D eigenvalue weighted by atomic mass is 10.1. The predicted octanol–water partition coefficient (Wildman–Crippen LogP) is 3.16. The topological polar surface area (TPSA) is 106 Å². The number of amides is 1. The van der Waals surface area contributed by atoms with E-state index in [1.807, 2.05) is 37.3 Å². The van der Waals surface area contributed by atoms with Crippen LogP contribution in [0.2, 0.25) is 0 Å². The number of rotatable bonds is 5. The number of benzene rings is 2. The van der Waals surface area contributed by atoms with Crippen LogP contribution >= 0.6 is 0 Å². The zero-order valence-electron chi connectivity index (χ0n) is 14.9. The van der Waals surface area contributed by atoms with Crippen LogP contribution in [0.25, 0.3) is 17.4 Å². The van der Waals surface area contributed by atoms with E-state index in [4.69, 9.17) is 4.42 Å². The van der Waals surface area contributed by atoms with E-state index in [0.717, 1.165) is 11.1 Å². The minimum Gasteiger partial charge on any atom is -0.545 e. The number of nitrogens with one attached hydrogen (secondary N) is 1. The summed E-state index contributed by atoms with van der Waals surface area (Å²) in [7, 11) is 0. The van der Waals surface area contributed by atoms with Crippen LogP contribution in [0.3, 0.4) is 0 Å². The lowest BCUT2D eigenvalue weighted by Gasteiger charge is -2.06. The van der Waals surface area contributed by atoms with Crippen molar-refractivity contribution in [3.05, 3.63) is 83.1 Å². The molecule has 0 saturated carbocycles. The van der Waals surface area contributed by atoms with Crippen molar-refractivity contribution in [2.24, 2.45) is 0 Å². The van der Waals surface area contributed by atoms with Gasteiger partial charge in [-0.2, -0.15) is 5.26 Å². The molecule has 6 heteroatoms. The van der Waals surface area contributed by atoms with Crippen LogP contribution < -0.4 is 10.4 Å². The molecule has 3 rings (SSSR count). The Kier molecular flexibility index (Phi) is 5.38. The molecular formula is C22H15N2O4-. The quantitative estimate of drug-likeness (QED) is 0.548. The van der Waals surface area contributed by atoms with Crippen molar-refractivity contribution in [3.8, 4) is 17.4 Å². The average Bonchev–Trinajstić information content (AvgIpc) is 3.15. The van der Waals surface area contributed by atoms with E-state index in [-0.39, 0.29) is 11.1 Å². The smallest absolute Gasteiger partial charge is 0.266 e. The van der Waals surface area contributed by atoms with Crippen molar-refractivity contribution in [2.75, 3.05) is 5.32 Å². The molecule has 0 radical (unpaired) electrons. The summed E-state index contributed by atoms with van der Waals surface area (Å²) in [5.74, 6) is -0.939. The summed E-state index contributed by atoms with van der Waals surface area (Å²) in [5.41, 5.74) is 2.23. The second kappa shape index (κ2) is 8.06. The number of carboxylic acid groups (broad SMARTS) is 1. The average molecular weight is 371 g/mol. The number of aryl methyl sites for hydroxylation is 1. The third kappa shape index (κ3) is 4.34. The molecule has 3 aromatic rings. The molecule has 0 bridgehead atoms. The SMILES string of the molecule is Cc1ccc(-c2ccc(/C=C(\C#N)C(=O)Nc3ccc(C(=O)[O-])cc3)o2)cc1. The Morgan fingerprint density at radius 1 is 1.04 bits per heavy atom. The summed E-state index contributed by atoms with van der Waals surface area (Å²) in [4.78, 5) is 23.1. The van der Waals surface area contributed by atoms with Gasteiger partial charge < -0.3 is 19.6 Å². The summed E-state index contributed by atoms with van der Waals surface area (Å²) >= 11 is 0. The Labute approximate surface area is 161 Å². The normalized spacial score (nSPS) is 10.9. The molecule has 1 aromatic heterocycles. The van der Waals surface area contributed by atoms with Crippen LogP contribution in [0, 0.1) is 18.3 Å². The largest absolute Gasteiger partial charge is 0.545 e. The van der Waals surface area contributed by atoms with Crippen LogP contribution in [-0.4, -0.2) is 11.9 Å². The minimum absolute atomic E-state index is 0.00623. The highest BCUT2D eigenvalue weighted by molar-refractivity contribution is 6.09. The maximum Gasteiger partial charge on any atom is 0.266 e. The second-order valence-electron chi connectivity index (χ2n) is 6.06. The fourth-order valence-electron chi connectivity index (χ4n) is 2.48. The van der Waals surface area contributed by atoms with Crippen LogP contribution in [0.5, 0.6) is 0 Å². The van der Waals surface area contributed by atoms with Gasteiger partial charge in [0.2, 0.25) is 0 Å². The third-order valence-electron chi connectivity index (χ3n) is 3.99. The van der Waals surface area contributed by atoms with Crippen molar-refractivity contribution in [2.45, 2.75) is 6.92 Å². The molecule has 0 fully saturated rings. The molecule has 0 aliphatic heterocycles. The number of hydrogen-bond donors (Lipinski definition) is 1. The number of carboxylic acids is 1. The number of carbonyl (C=O) groups is 2. The minimum atomic E-state index is -1.31. The van der Waals surface area contributed by atoms with E-state index < -0.39 is 11.9 Å². The van der Waals surface area contributed by atoms with Gasteiger partial charge in [-0.05, 0) is 36.8 Å².